The van der Waals surface area contributed by atoms with Crippen LogP contribution in [0.25, 0.3) is 22.0 Å². The van der Waals surface area contributed by atoms with Crippen LogP contribution in [0.3, 0.4) is 0 Å². The van der Waals surface area contributed by atoms with Crippen LogP contribution >= 0.6 is 0 Å². The highest BCUT2D eigenvalue weighted by atomic mass is 16.4. The molecule has 0 radical (unpaired) electrons. The molecule has 0 aliphatic heterocycles. The van der Waals surface area contributed by atoms with E-state index in [0.29, 0.717) is 11.4 Å². The molecule has 0 atom stereocenters. The van der Waals surface area contributed by atoms with Gasteiger partial charge in [0.25, 0.3) is 0 Å². The summed E-state index contributed by atoms with van der Waals surface area (Å²) in [4.78, 5) is 4.57. The summed E-state index contributed by atoms with van der Waals surface area (Å²) in [6.45, 7) is 1.73. The van der Waals surface area contributed by atoms with Crippen molar-refractivity contribution in [3.05, 3.63) is 66.4 Å². The smallest absolute Gasteiger partial charge is 0.102 e. The molecule has 3 aromatic rings. The van der Waals surface area contributed by atoms with Crippen LogP contribution in [0.4, 0.5) is 0 Å². The summed E-state index contributed by atoms with van der Waals surface area (Å²) in [5.41, 5.74) is 3.14. The van der Waals surface area contributed by atoms with Gasteiger partial charge in [0, 0.05) is 5.56 Å². The Morgan fingerprint density at radius 3 is 2.55 bits per heavy atom. The maximum atomic E-state index is 8.87. The Hall–Kier alpha value is -2.68. The summed E-state index contributed by atoms with van der Waals surface area (Å²) in [6.07, 6.45) is 0. The van der Waals surface area contributed by atoms with Gasteiger partial charge in [-0.3, -0.25) is 0 Å². The van der Waals surface area contributed by atoms with Crippen LogP contribution in [0.5, 0.6) is 0 Å². The molecule has 1 aromatic heterocycles. The largest absolute Gasteiger partial charge is 0.411 e. The normalized spacial score (nSPS) is 11.8. The zero-order valence-corrected chi connectivity index (χ0v) is 11.1. The monoisotopic (exact) mass is 262 g/mol. The van der Waals surface area contributed by atoms with Gasteiger partial charge in [-0.2, -0.15) is 0 Å². The fourth-order valence-electron chi connectivity index (χ4n) is 2.29. The highest BCUT2D eigenvalue weighted by Crippen LogP contribution is 2.27. The highest BCUT2D eigenvalue weighted by Gasteiger charge is 2.06. The number of fused-ring (bicyclic) bond motifs is 1. The molecule has 0 saturated heterocycles. The van der Waals surface area contributed by atoms with Gasteiger partial charge < -0.3 is 5.21 Å². The van der Waals surface area contributed by atoms with E-state index in [-0.39, 0.29) is 0 Å². The van der Waals surface area contributed by atoms with E-state index in [2.05, 4.69) is 34.4 Å². The molecule has 0 aliphatic rings. The Kier molecular flexibility index (Phi) is 3.17. The van der Waals surface area contributed by atoms with Gasteiger partial charge in [-0.05, 0) is 29.8 Å². The van der Waals surface area contributed by atoms with E-state index in [4.69, 9.17) is 5.21 Å². The van der Waals surface area contributed by atoms with Crippen molar-refractivity contribution < 1.29 is 5.21 Å². The third-order valence-electron chi connectivity index (χ3n) is 3.34. The third-order valence-corrected chi connectivity index (χ3v) is 3.34. The Balaban J connectivity index is 2.21. The van der Waals surface area contributed by atoms with Crippen molar-refractivity contribution in [3.63, 3.8) is 0 Å². The molecule has 3 rings (SSSR count). The average Bonchev–Trinajstić information content (AvgIpc) is 2.53. The zero-order chi connectivity index (χ0) is 13.9. The molecule has 0 fully saturated rings. The molecule has 3 heteroatoms. The fraction of sp³-hybridized carbons (Fsp3) is 0.0588. The standard InChI is InChI=1S/C17H14N2O/c1-12(19-20)16-10-5-11-17(18-16)15-9-4-7-13-6-2-3-8-14(13)15/h2-11,20H,1H3. The number of hydrogen-bond donors (Lipinski definition) is 1. The summed E-state index contributed by atoms with van der Waals surface area (Å²) in [5, 5.41) is 14.4. The fourth-order valence-corrected chi connectivity index (χ4v) is 2.29. The van der Waals surface area contributed by atoms with Gasteiger partial charge in [0.05, 0.1) is 11.4 Å². The number of benzene rings is 2. The van der Waals surface area contributed by atoms with Gasteiger partial charge in [-0.1, -0.05) is 53.7 Å². The maximum absolute atomic E-state index is 8.87. The Bertz CT molecular complexity index is 788. The summed E-state index contributed by atoms with van der Waals surface area (Å²) in [7, 11) is 0. The molecule has 98 valence electrons. The minimum atomic E-state index is 0.507. The minimum Gasteiger partial charge on any atom is -0.411 e. The summed E-state index contributed by atoms with van der Waals surface area (Å²) in [5.74, 6) is 0. The summed E-state index contributed by atoms with van der Waals surface area (Å²) < 4.78 is 0. The molecule has 1 heterocycles. The molecule has 0 unspecified atom stereocenters. The van der Waals surface area contributed by atoms with Crippen LogP contribution in [0.15, 0.2) is 65.8 Å². The topological polar surface area (TPSA) is 45.5 Å². The Labute approximate surface area is 117 Å². The van der Waals surface area contributed by atoms with E-state index in [1.807, 2.05) is 36.4 Å². The number of rotatable bonds is 2. The van der Waals surface area contributed by atoms with Crippen LogP contribution in [0.2, 0.25) is 0 Å². The van der Waals surface area contributed by atoms with Crippen LogP contribution < -0.4 is 0 Å². The van der Waals surface area contributed by atoms with E-state index < -0.39 is 0 Å². The second-order valence-electron chi connectivity index (χ2n) is 4.62. The van der Waals surface area contributed by atoms with Crippen molar-refractivity contribution in [3.8, 4) is 11.3 Å². The second kappa shape index (κ2) is 5.13. The lowest BCUT2D eigenvalue weighted by Crippen LogP contribution is -1.99. The summed E-state index contributed by atoms with van der Waals surface area (Å²) >= 11 is 0. The lowest BCUT2D eigenvalue weighted by Gasteiger charge is -2.07. The zero-order valence-electron chi connectivity index (χ0n) is 11.1. The number of hydrogen-bond acceptors (Lipinski definition) is 3. The van der Waals surface area contributed by atoms with Gasteiger partial charge in [-0.15, -0.1) is 0 Å². The first kappa shape index (κ1) is 12.4. The lowest BCUT2D eigenvalue weighted by molar-refractivity contribution is 0.319. The predicted molar refractivity (Wildman–Crippen MR) is 81.2 cm³/mol. The van der Waals surface area contributed by atoms with Gasteiger partial charge in [0.15, 0.2) is 0 Å². The lowest BCUT2D eigenvalue weighted by atomic mass is 10.0. The molecule has 0 bridgehead atoms. The minimum absolute atomic E-state index is 0.507. The molecule has 0 aliphatic carbocycles. The third kappa shape index (κ3) is 2.14. The van der Waals surface area contributed by atoms with E-state index in [1.165, 1.54) is 10.8 Å². The number of oxime groups is 1. The van der Waals surface area contributed by atoms with Gasteiger partial charge in [0.1, 0.15) is 5.71 Å². The summed E-state index contributed by atoms with van der Waals surface area (Å²) in [6, 6.07) is 20.1. The highest BCUT2D eigenvalue weighted by molar-refractivity contribution is 5.99. The Morgan fingerprint density at radius 2 is 1.70 bits per heavy atom. The van der Waals surface area contributed by atoms with E-state index in [9.17, 15) is 0 Å². The average molecular weight is 262 g/mol. The van der Waals surface area contributed by atoms with Crippen molar-refractivity contribution in [2.24, 2.45) is 5.16 Å². The molecule has 0 saturated carbocycles. The first-order valence-electron chi connectivity index (χ1n) is 6.44. The first-order chi connectivity index (χ1) is 9.79. The SMILES string of the molecule is CC(=NO)c1cccc(-c2cccc3ccccc23)n1. The molecule has 2 aromatic carbocycles. The van der Waals surface area contributed by atoms with Crippen molar-refractivity contribution in [2.45, 2.75) is 6.92 Å². The predicted octanol–water partition coefficient (Wildman–Crippen LogP) is 4.10. The van der Waals surface area contributed by atoms with Crippen LogP contribution in [-0.2, 0) is 0 Å². The first-order valence-corrected chi connectivity index (χ1v) is 6.44. The van der Waals surface area contributed by atoms with Gasteiger partial charge in [-0.25, -0.2) is 4.98 Å². The van der Waals surface area contributed by atoms with Crippen molar-refractivity contribution >= 4 is 16.5 Å². The van der Waals surface area contributed by atoms with Crippen molar-refractivity contribution in [1.82, 2.24) is 4.98 Å². The van der Waals surface area contributed by atoms with Crippen LogP contribution in [0.1, 0.15) is 12.6 Å². The van der Waals surface area contributed by atoms with E-state index >= 15 is 0 Å². The van der Waals surface area contributed by atoms with Crippen LogP contribution in [-0.4, -0.2) is 15.9 Å². The molecule has 1 N–H and O–H groups in total. The molecule has 0 amide bonds. The Morgan fingerprint density at radius 1 is 0.950 bits per heavy atom. The number of pyridine rings is 1. The van der Waals surface area contributed by atoms with Crippen molar-refractivity contribution in [1.29, 1.82) is 0 Å². The molecular formula is C17H14N2O. The molecular weight excluding hydrogens is 248 g/mol. The molecule has 0 spiro atoms. The number of aromatic nitrogens is 1. The van der Waals surface area contributed by atoms with Crippen LogP contribution in [0, 0.1) is 0 Å². The maximum Gasteiger partial charge on any atom is 0.102 e. The van der Waals surface area contributed by atoms with Gasteiger partial charge >= 0.3 is 0 Å². The van der Waals surface area contributed by atoms with Crippen molar-refractivity contribution in [2.75, 3.05) is 0 Å². The van der Waals surface area contributed by atoms with Gasteiger partial charge in [0.2, 0.25) is 0 Å². The molecule has 3 nitrogen and oxygen atoms in total. The molecule has 20 heavy (non-hydrogen) atoms. The van der Waals surface area contributed by atoms with E-state index in [0.717, 1.165) is 11.3 Å². The number of nitrogens with zero attached hydrogens (tertiary/aromatic N) is 2. The second-order valence-corrected chi connectivity index (χ2v) is 4.62. The quantitative estimate of drug-likeness (QED) is 0.429. The van der Waals surface area contributed by atoms with E-state index in [1.54, 1.807) is 6.92 Å².